The van der Waals surface area contributed by atoms with Crippen molar-refractivity contribution in [3.63, 3.8) is 0 Å². The van der Waals surface area contributed by atoms with Gasteiger partial charge in [0.2, 0.25) is 5.95 Å². The fraction of sp³-hybridized carbons (Fsp3) is 0.111. The minimum Gasteiger partial charge on any atom is -0.367 e. The number of benzene rings is 1. The maximum Gasteiger partial charge on any atom is 0.416 e. The lowest BCUT2D eigenvalue weighted by molar-refractivity contribution is -0.137. The Morgan fingerprint density at radius 3 is 2.19 bits per heavy atom. The first-order valence-corrected chi connectivity index (χ1v) is 5.01. The van der Waals surface area contributed by atoms with Crippen molar-refractivity contribution >= 4 is 17.5 Å². The lowest BCUT2D eigenvalue weighted by Gasteiger charge is -2.06. The molecule has 0 amide bonds. The highest BCUT2D eigenvalue weighted by molar-refractivity contribution is 7.09. The van der Waals surface area contributed by atoms with E-state index in [0.717, 1.165) is 23.7 Å². The maximum absolute atomic E-state index is 12.3. The van der Waals surface area contributed by atoms with Crippen molar-refractivity contribution in [1.29, 1.82) is 0 Å². The van der Waals surface area contributed by atoms with Crippen molar-refractivity contribution < 1.29 is 13.2 Å². The van der Waals surface area contributed by atoms with Crippen molar-refractivity contribution in [2.45, 2.75) is 6.18 Å². The minimum atomic E-state index is -4.32. The predicted molar refractivity (Wildman–Crippen MR) is 54.8 cm³/mol. The van der Waals surface area contributed by atoms with Gasteiger partial charge in [-0.05, 0) is 23.7 Å². The second kappa shape index (κ2) is 3.75. The van der Waals surface area contributed by atoms with Crippen LogP contribution in [0.1, 0.15) is 5.56 Å². The van der Waals surface area contributed by atoms with Gasteiger partial charge in [-0.1, -0.05) is 12.1 Å². The summed E-state index contributed by atoms with van der Waals surface area (Å²) in [6.07, 6.45) is -4.32. The molecule has 7 heteroatoms. The molecule has 0 bridgehead atoms. The van der Waals surface area contributed by atoms with Crippen LogP contribution in [0.3, 0.4) is 0 Å². The largest absolute Gasteiger partial charge is 0.416 e. The van der Waals surface area contributed by atoms with Crippen LogP contribution in [-0.2, 0) is 6.18 Å². The van der Waals surface area contributed by atoms with Gasteiger partial charge in [0.15, 0.2) is 0 Å². The van der Waals surface area contributed by atoms with E-state index in [9.17, 15) is 13.2 Å². The van der Waals surface area contributed by atoms with Gasteiger partial charge < -0.3 is 5.73 Å². The number of hydrogen-bond donors (Lipinski definition) is 1. The van der Waals surface area contributed by atoms with Crippen molar-refractivity contribution in [2.24, 2.45) is 0 Å². The highest BCUT2D eigenvalue weighted by Crippen LogP contribution is 2.31. The molecule has 0 aliphatic heterocycles. The number of alkyl halides is 3. The van der Waals surface area contributed by atoms with Gasteiger partial charge in [-0.15, -0.1) is 0 Å². The highest BCUT2D eigenvalue weighted by atomic mass is 32.1. The zero-order valence-corrected chi connectivity index (χ0v) is 8.64. The maximum atomic E-state index is 12.3. The topological polar surface area (TPSA) is 51.8 Å². The predicted octanol–water partition coefficient (Wildman–Crippen LogP) is 2.81. The summed E-state index contributed by atoms with van der Waals surface area (Å²) in [5.41, 5.74) is 5.21. The van der Waals surface area contributed by atoms with Crippen LogP contribution < -0.4 is 5.73 Å². The molecular weight excluding hydrogens is 239 g/mol. The van der Waals surface area contributed by atoms with Crippen LogP contribution >= 0.6 is 11.5 Å². The molecule has 2 N–H and O–H groups in total. The van der Waals surface area contributed by atoms with Gasteiger partial charge in [-0.25, -0.2) is 0 Å². The first kappa shape index (κ1) is 10.9. The molecule has 0 spiro atoms. The van der Waals surface area contributed by atoms with Gasteiger partial charge in [-0.2, -0.15) is 22.5 Å². The Labute approximate surface area is 92.9 Å². The molecule has 1 heterocycles. The molecular formula is C9H6F3N3S. The van der Waals surface area contributed by atoms with E-state index < -0.39 is 11.7 Å². The minimum absolute atomic E-state index is 0.125. The highest BCUT2D eigenvalue weighted by Gasteiger charge is 2.30. The van der Waals surface area contributed by atoms with E-state index in [1.165, 1.54) is 12.1 Å². The van der Waals surface area contributed by atoms with E-state index in [1.807, 2.05) is 0 Å². The first-order chi connectivity index (χ1) is 7.47. The van der Waals surface area contributed by atoms with Crippen molar-refractivity contribution in [2.75, 3.05) is 5.73 Å². The van der Waals surface area contributed by atoms with E-state index in [2.05, 4.69) is 9.36 Å². The van der Waals surface area contributed by atoms with Gasteiger partial charge in [-0.3, -0.25) is 0 Å². The molecule has 2 rings (SSSR count). The lowest BCUT2D eigenvalue weighted by Crippen LogP contribution is -2.03. The Morgan fingerprint density at radius 2 is 1.75 bits per heavy atom. The lowest BCUT2D eigenvalue weighted by atomic mass is 10.1. The third-order valence-corrected chi connectivity index (χ3v) is 2.68. The van der Waals surface area contributed by atoms with E-state index >= 15 is 0 Å². The van der Waals surface area contributed by atoms with Gasteiger partial charge in [0.25, 0.3) is 0 Å². The Morgan fingerprint density at radius 1 is 1.12 bits per heavy atom. The molecule has 84 valence electrons. The van der Waals surface area contributed by atoms with Gasteiger partial charge in [0.1, 0.15) is 5.01 Å². The Kier molecular flexibility index (Phi) is 2.55. The van der Waals surface area contributed by atoms with Crippen LogP contribution in [0.5, 0.6) is 0 Å². The fourth-order valence-electron chi connectivity index (χ4n) is 1.15. The summed E-state index contributed by atoms with van der Waals surface area (Å²) in [5, 5.41) is 0.506. The molecule has 0 saturated heterocycles. The number of rotatable bonds is 1. The number of nitrogens with zero attached hydrogens (tertiary/aromatic N) is 2. The molecule has 0 aliphatic carbocycles. The Bertz CT molecular complexity index is 489. The quantitative estimate of drug-likeness (QED) is 0.840. The SMILES string of the molecule is Nc1nsc(-c2ccc(C(F)(F)F)cc2)n1. The molecule has 0 radical (unpaired) electrons. The zero-order chi connectivity index (χ0) is 11.8. The second-order valence-electron chi connectivity index (χ2n) is 3.03. The fourth-order valence-corrected chi connectivity index (χ4v) is 1.75. The standard InChI is InChI=1S/C9H6F3N3S/c10-9(11,12)6-3-1-5(2-4-6)7-14-8(13)15-16-7/h1-4H,(H2,13,15). The number of anilines is 1. The second-order valence-corrected chi connectivity index (χ2v) is 3.78. The summed E-state index contributed by atoms with van der Waals surface area (Å²) in [6, 6.07) is 4.71. The van der Waals surface area contributed by atoms with Crippen LogP contribution in [0.15, 0.2) is 24.3 Å². The van der Waals surface area contributed by atoms with Crippen LogP contribution in [0.2, 0.25) is 0 Å². The van der Waals surface area contributed by atoms with E-state index in [0.29, 0.717) is 10.6 Å². The summed E-state index contributed by atoms with van der Waals surface area (Å²) in [4.78, 5) is 3.88. The summed E-state index contributed by atoms with van der Waals surface area (Å²) in [6.45, 7) is 0. The average Bonchev–Trinajstić information content (AvgIpc) is 2.64. The van der Waals surface area contributed by atoms with Gasteiger partial charge in [0.05, 0.1) is 5.56 Å². The van der Waals surface area contributed by atoms with Crippen LogP contribution in [0.25, 0.3) is 10.6 Å². The molecule has 0 atom stereocenters. The number of halogens is 3. The van der Waals surface area contributed by atoms with E-state index in [1.54, 1.807) is 0 Å². The van der Waals surface area contributed by atoms with E-state index in [4.69, 9.17) is 5.73 Å². The van der Waals surface area contributed by atoms with Crippen molar-refractivity contribution in [3.8, 4) is 10.6 Å². The van der Waals surface area contributed by atoms with Gasteiger partial charge >= 0.3 is 6.18 Å². The number of hydrogen-bond acceptors (Lipinski definition) is 4. The molecule has 3 nitrogen and oxygen atoms in total. The molecule has 0 fully saturated rings. The summed E-state index contributed by atoms with van der Waals surface area (Å²) >= 11 is 1.05. The van der Waals surface area contributed by atoms with Crippen molar-refractivity contribution in [3.05, 3.63) is 29.8 Å². The third-order valence-electron chi connectivity index (χ3n) is 1.90. The van der Waals surface area contributed by atoms with Crippen LogP contribution in [0.4, 0.5) is 19.1 Å². The summed E-state index contributed by atoms with van der Waals surface area (Å²) in [5.74, 6) is 0.125. The number of nitrogen functional groups attached to an aromatic ring is 1. The molecule has 2 aromatic rings. The third kappa shape index (κ3) is 2.13. The molecule has 16 heavy (non-hydrogen) atoms. The molecule has 0 saturated carbocycles. The summed E-state index contributed by atoms with van der Waals surface area (Å²) in [7, 11) is 0. The summed E-state index contributed by atoms with van der Waals surface area (Å²) < 4.78 is 40.6. The normalized spacial score (nSPS) is 11.7. The molecule has 1 aromatic heterocycles. The average molecular weight is 245 g/mol. The zero-order valence-electron chi connectivity index (χ0n) is 7.82. The van der Waals surface area contributed by atoms with Gasteiger partial charge in [0, 0.05) is 5.56 Å². The smallest absolute Gasteiger partial charge is 0.367 e. The first-order valence-electron chi connectivity index (χ1n) is 4.23. The van der Waals surface area contributed by atoms with Crippen LogP contribution in [0, 0.1) is 0 Å². The monoisotopic (exact) mass is 245 g/mol. The number of aromatic nitrogens is 2. The Balaban J connectivity index is 2.33. The molecule has 1 aromatic carbocycles. The van der Waals surface area contributed by atoms with E-state index in [-0.39, 0.29) is 5.95 Å². The van der Waals surface area contributed by atoms with Crippen LogP contribution in [-0.4, -0.2) is 9.36 Å². The molecule has 0 unspecified atom stereocenters. The Hall–Kier alpha value is -1.63. The molecule has 0 aliphatic rings. The number of nitrogens with two attached hydrogens (primary N) is 1. The van der Waals surface area contributed by atoms with Crippen molar-refractivity contribution in [1.82, 2.24) is 9.36 Å².